The molecule has 0 spiro atoms. The van der Waals surface area contributed by atoms with Gasteiger partial charge in [-0.1, -0.05) is 18.2 Å². The highest BCUT2D eigenvalue weighted by atomic mass is 32.1. The first-order chi connectivity index (χ1) is 9.24. The fourth-order valence-electron chi connectivity index (χ4n) is 2.42. The van der Waals surface area contributed by atoms with Crippen LogP contribution in [0, 0.1) is 0 Å². The Balaban J connectivity index is 1.81. The van der Waals surface area contributed by atoms with Gasteiger partial charge in [-0.05, 0) is 34.9 Å². The van der Waals surface area contributed by atoms with E-state index in [9.17, 15) is 5.11 Å². The summed E-state index contributed by atoms with van der Waals surface area (Å²) in [7, 11) is 1.94. The largest absolute Gasteiger partial charge is 0.392 e. The summed E-state index contributed by atoms with van der Waals surface area (Å²) in [5.74, 6) is 0. The first-order valence-electron chi connectivity index (χ1n) is 6.34. The van der Waals surface area contributed by atoms with E-state index in [0.717, 1.165) is 16.6 Å². The average molecular weight is 272 g/mol. The number of aryl methyl sites for hydroxylation is 1. The zero-order valence-electron chi connectivity index (χ0n) is 10.8. The number of benzene rings is 1. The second-order valence-corrected chi connectivity index (χ2v) is 5.56. The number of nitrogens with zero attached hydrogens (tertiary/aromatic N) is 2. The summed E-state index contributed by atoms with van der Waals surface area (Å²) in [4.78, 5) is 0. The van der Waals surface area contributed by atoms with Crippen LogP contribution in [0.4, 0.5) is 0 Å². The number of para-hydroxylation sites is 1. The summed E-state index contributed by atoms with van der Waals surface area (Å²) in [6.07, 6.45) is 0.902. The highest BCUT2D eigenvalue weighted by Gasteiger charge is 2.13. The number of fused-ring (bicyclic) bond motifs is 1. The Hall–Kier alpha value is -1.65. The van der Waals surface area contributed by atoms with Crippen molar-refractivity contribution in [1.82, 2.24) is 9.78 Å². The first-order valence-corrected chi connectivity index (χ1v) is 7.28. The van der Waals surface area contributed by atoms with Crippen molar-refractivity contribution in [2.45, 2.75) is 18.9 Å². The van der Waals surface area contributed by atoms with Gasteiger partial charge >= 0.3 is 0 Å². The molecule has 3 nitrogen and oxygen atoms in total. The first kappa shape index (κ1) is 12.4. The highest BCUT2D eigenvalue weighted by Crippen LogP contribution is 2.20. The summed E-state index contributed by atoms with van der Waals surface area (Å²) in [5.41, 5.74) is 3.28. The van der Waals surface area contributed by atoms with Crippen LogP contribution in [0.5, 0.6) is 0 Å². The van der Waals surface area contributed by atoms with Crippen LogP contribution in [0.25, 0.3) is 10.9 Å². The number of rotatable bonds is 4. The van der Waals surface area contributed by atoms with Crippen molar-refractivity contribution >= 4 is 22.2 Å². The smallest absolute Gasteiger partial charge is 0.0729 e. The summed E-state index contributed by atoms with van der Waals surface area (Å²) in [6.45, 7) is 0. The van der Waals surface area contributed by atoms with Crippen molar-refractivity contribution in [1.29, 1.82) is 0 Å². The number of hydrogen-bond acceptors (Lipinski definition) is 3. The van der Waals surface area contributed by atoms with Gasteiger partial charge in [0.2, 0.25) is 0 Å². The molecule has 0 aliphatic heterocycles. The lowest BCUT2D eigenvalue weighted by Gasteiger charge is -2.07. The average Bonchev–Trinajstić information content (AvgIpc) is 3.00. The van der Waals surface area contributed by atoms with Gasteiger partial charge in [0, 0.05) is 18.9 Å². The maximum Gasteiger partial charge on any atom is 0.0729 e. The third-order valence-electron chi connectivity index (χ3n) is 3.31. The van der Waals surface area contributed by atoms with Crippen molar-refractivity contribution in [2.24, 2.45) is 7.05 Å². The molecule has 0 fully saturated rings. The number of thiophene rings is 1. The topological polar surface area (TPSA) is 38.0 Å². The van der Waals surface area contributed by atoms with Gasteiger partial charge in [0.15, 0.2) is 0 Å². The SMILES string of the molecule is Cn1nc(CC(O)Cc2ccsc2)c2ccccc21. The van der Waals surface area contributed by atoms with Gasteiger partial charge in [0.25, 0.3) is 0 Å². The minimum absolute atomic E-state index is 0.382. The molecule has 0 bridgehead atoms. The Morgan fingerprint density at radius 2 is 2.11 bits per heavy atom. The normalized spacial score (nSPS) is 12.9. The third kappa shape index (κ3) is 2.55. The van der Waals surface area contributed by atoms with Crippen LogP contribution in [-0.4, -0.2) is 21.0 Å². The minimum Gasteiger partial charge on any atom is -0.392 e. The molecule has 0 aliphatic carbocycles. The minimum atomic E-state index is -0.382. The van der Waals surface area contributed by atoms with Crippen LogP contribution < -0.4 is 0 Å². The van der Waals surface area contributed by atoms with Crippen LogP contribution in [0.15, 0.2) is 41.1 Å². The van der Waals surface area contributed by atoms with Gasteiger partial charge in [-0.25, -0.2) is 0 Å². The lowest BCUT2D eigenvalue weighted by atomic mass is 10.0. The van der Waals surface area contributed by atoms with Crippen molar-refractivity contribution < 1.29 is 5.11 Å². The van der Waals surface area contributed by atoms with Gasteiger partial charge in [-0.2, -0.15) is 16.4 Å². The monoisotopic (exact) mass is 272 g/mol. The van der Waals surface area contributed by atoms with Gasteiger partial charge in [0.05, 0.1) is 17.3 Å². The molecular formula is C15H16N2OS. The molecule has 19 heavy (non-hydrogen) atoms. The van der Waals surface area contributed by atoms with Crippen LogP contribution in [0.2, 0.25) is 0 Å². The van der Waals surface area contributed by atoms with E-state index in [0.29, 0.717) is 12.8 Å². The molecule has 0 aliphatic rings. The van der Waals surface area contributed by atoms with Crippen LogP contribution in [0.3, 0.4) is 0 Å². The second-order valence-electron chi connectivity index (χ2n) is 4.78. The molecule has 2 aromatic heterocycles. The fourth-order valence-corrected chi connectivity index (χ4v) is 3.10. The van der Waals surface area contributed by atoms with E-state index in [1.165, 1.54) is 5.56 Å². The predicted octanol–water partition coefficient (Wildman–Crippen LogP) is 2.78. The molecule has 0 amide bonds. The van der Waals surface area contributed by atoms with Crippen LogP contribution in [-0.2, 0) is 19.9 Å². The molecule has 0 saturated heterocycles. The Labute approximate surface area is 116 Å². The molecule has 98 valence electrons. The van der Waals surface area contributed by atoms with Crippen molar-refractivity contribution in [2.75, 3.05) is 0 Å². The van der Waals surface area contributed by atoms with Crippen molar-refractivity contribution in [3.05, 3.63) is 52.3 Å². The maximum absolute atomic E-state index is 10.2. The molecular weight excluding hydrogens is 256 g/mol. The summed E-state index contributed by atoms with van der Waals surface area (Å²) in [6, 6.07) is 10.2. The number of hydrogen-bond donors (Lipinski definition) is 1. The molecule has 0 saturated carbocycles. The number of aliphatic hydroxyl groups excluding tert-OH is 1. The highest BCUT2D eigenvalue weighted by molar-refractivity contribution is 7.07. The molecule has 3 aromatic rings. The van der Waals surface area contributed by atoms with E-state index in [2.05, 4.69) is 28.7 Å². The van der Waals surface area contributed by atoms with Crippen LogP contribution in [0.1, 0.15) is 11.3 Å². The van der Waals surface area contributed by atoms with E-state index >= 15 is 0 Å². The lowest BCUT2D eigenvalue weighted by molar-refractivity contribution is 0.174. The van der Waals surface area contributed by atoms with Gasteiger partial charge in [-0.3, -0.25) is 4.68 Å². The molecule has 3 rings (SSSR count). The maximum atomic E-state index is 10.2. The molecule has 4 heteroatoms. The zero-order chi connectivity index (χ0) is 13.2. The molecule has 1 N–H and O–H groups in total. The molecule has 1 atom stereocenters. The number of aliphatic hydroxyl groups is 1. The molecule has 1 aromatic carbocycles. The Bertz CT molecular complexity index is 673. The van der Waals surface area contributed by atoms with Gasteiger partial charge < -0.3 is 5.11 Å². The molecule has 0 radical (unpaired) electrons. The fraction of sp³-hybridized carbons (Fsp3) is 0.267. The molecule has 2 heterocycles. The van der Waals surface area contributed by atoms with Crippen molar-refractivity contribution in [3.63, 3.8) is 0 Å². The van der Waals surface area contributed by atoms with Gasteiger partial charge in [-0.15, -0.1) is 0 Å². The summed E-state index contributed by atoms with van der Waals surface area (Å²) < 4.78 is 1.88. The van der Waals surface area contributed by atoms with Crippen molar-refractivity contribution in [3.8, 4) is 0 Å². The van der Waals surface area contributed by atoms with Gasteiger partial charge in [0.1, 0.15) is 0 Å². The Morgan fingerprint density at radius 1 is 1.26 bits per heavy atom. The van der Waals surface area contributed by atoms with Crippen LogP contribution >= 0.6 is 11.3 Å². The number of aromatic nitrogens is 2. The summed E-state index contributed by atoms with van der Waals surface area (Å²) >= 11 is 1.66. The standard InChI is InChI=1S/C15H16N2OS/c1-17-15-5-3-2-4-13(15)14(16-17)9-12(18)8-11-6-7-19-10-11/h2-7,10,12,18H,8-9H2,1H3. The zero-order valence-corrected chi connectivity index (χ0v) is 11.6. The van der Waals surface area contributed by atoms with E-state index in [1.54, 1.807) is 11.3 Å². The van der Waals surface area contributed by atoms with E-state index in [-0.39, 0.29) is 6.10 Å². The third-order valence-corrected chi connectivity index (χ3v) is 4.05. The lowest BCUT2D eigenvalue weighted by Crippen LogP contribution is -2.14. The predicted molar refractivity (Wildman–Crippen MR) is 78.4 cm³/mol. The summed E-state index contributed by atoms with van der Waals surface area (Å²) in [5, 5.41) is 20.0. The Kier molecular flexibility index (Phi) is 3.36. The van der Waals surface area contributed by atoms with E-state index in [1.807, 2.05) is 29.2 Å². The Morgan fingerprint density at radius 3 is 2.89 bits per heavy atom. The quantitative estimate of drug-likeness (QED) is 0.793. The molecule has 1 unspecified atom stereocenters. The van der Waals surface area contributed by atoms with E-state index < -0.39 is 0 Å². The van der Waals surface area contributed by atoms with E-state index in [4.69, 9.17) is 0 Å². The second kappa shape index (κ2) is 5.15.